The number of piperazine rings is 1. The van der Waals surface area contributed by atoms with E-state index in [0.717, 1.165) is 17.9 Å². The highest BCUT2D eigenvalue weighted by Gasteiger charge is 2.30. The standard InChI is InChI=1S/C16H17ClN2O2.ClH/c1-11-5-6-15(21-11)16(20)19-8-7-18-10-14(19)12-3-2-4-13(17)9-12;/h2-6,9,14,18H,7-8,10H2,1H3;1H. The molecule has 1 fully saturated rings. The van der Waals surface area contributed by atoms with Crippen molar-refractivity contribution < 1.29 is 9.21 Å². The van der Waals surface area contributed by atoms with Gasteiger partial charge in [-0.3, -0.25) is 4.79 Å². The van der Waals surface area contributed by atoms with Crippen molar-refractivity contribution in [2.24, 2.45) is 0 Å². The van der Waals surface area contributed by atoms with Crippen LogP contribution in [-0.4, -0.2) is 30.4 Å². The van der Waals surface area contributed by atoms with E-state index in [0.29, 0.717) is 23.9 Å². The van der Waals surface area contributed by atoms with Crippen molar-refractivity contribution in [2.45, 2.75) is 13.0 Å². The second kappa shape index (κ2) is 7.18. The van der Waals surface area contributed by atoms with E-state index in [9.17, 15) is 4.79 Å². The lowest BCUT2D eigenvalue weighted by Gasteiger charge is -2.36. The average molecular weight is 341 g/mol. The molecule has 6 heteroatoms. The predicted octanol–water partition coefficient (Wildman–Crippen LogP) is 3.45. The zero-order chi connectivity index (χ0) is 14.8. The molecule has 1 saturated heterocycles. The first-order valence-corrected chi connectivity index (χ1v) is 7.36. The molecule has 1 aliphatic rings. The number of aryl methyl sites for hydroxylation is 1. The fourth-order valence-corrected chi connectivity index (χ4v) is 2.85. The monoisotopic (exact) mass is 340 g/mol. The zero-order valence-electron chi connectivity index (χ0n) is 12.2. The van der Waals surface area contributed by atoms with Crippen LogP contribution in [0.2, 0.25) is 5.02 Å². The third-order valence-corrected chi connectivity index (χ3v) is 3.92. The molecule has 1 aromatic carbocycles. The van der Waals surface area contributed by atoms with Crippen molar-refractivity contribution >= 4 is 29.9 Å². The first-order valence-electron chi connectivity index (χ1n) is 6.99. The minimum Gasteiger partial charge on any atom is -0.456 e. The molecular formula is C16H18Cl2N2O2. The van der Waals surface area contributed by atoms with Crippen LogP contribution >= 0.6 is 24.0 Å². The van der Waals surface area contributed by atoms with Crippen molar-refractivity contribution in [2.75, 3.05) is 19.6 Å². The smallest absolute Gasteiger partial charge is 0.290 e. The number of carbonyl (C=O) groups excluding carboxylic acids is 1. The number of rotatable bonds is 2. The Morgan fingerprint density at radius 2 is 2.18 bits per heavy atom. The van der Waals surface area contributed by atoms with E-state index in [1.165, 1.54) is 0 Å². The summed E-state index contributed by atoms with van der Waals surface area (Å²) in [6.45, 7) is 3.98. The lowest BCUT2D eigenvalue weighted by molar-refractivity contribution is 0.0600. The van der Waals surface area contributed by atoms with Crippen molar-refractivity contribution in [1.29, 1.82) is 0 Å². The number of halogens is 2. The molecular weight excluding hydrogens is 323 g/mol. The van der Waals surface area contributed by atoms with Gasteiger partial charge in [-0.25, -0.2) is 0 Å². The Hall–Kier alpha value is -1.49. The molecule has 0 radical (unpaired) electrons. The van der Waals surface area contributed by atoms with Gasteiger partial charge in [0.2, 0.25) is 0 Å². The lowest BCUT2D eigenvalue weighted by atomic mass is 10.0. The van der Waals surface area contributed by atoms with E-state index < -0.39 is 0 Å². The number of amides is 1. The molecule has 2 heterocycles. The van der Waals surface area contributed by atoms with Crippen LogP contribution in [0.15, 0.2) is 40.8 Å². The normalized spacial score (nSPS) is 17.9. The van der Waals surface area contributed by atoms with Crippen LogP contribution in [0.3, 0.4) is 0 Å². The Labute approximate surface area is 140 Å². The Bertz CT molecular complexity index is 657. The maximum atomic E-state index is 12.7. The molecule has 1 atom stereocenters. The van der Waals surface area contributed by atoms with E-state index in [1.54, 1.807) is 6.07 Å². The zero-order valence-corrected chi connectivity index (χ0v) is 13.8. The van der Waals surface area contributed by atoms with Crippen molar-refractivity contribution in [3.05, 3.63) is 58.5 Å². The van der Waals surface area contributed by atoms with E-state index in [1.807, 2.05) is 42.2 Å². The van der Waals surface area contributed by atoms with Crippen LogP contribution in [0.1, 0.15) is 27.9 Å². The SMILES string of the molecule is Cc1ccc(C(=O)N2CCNCC2c2cccc(Cl)c2)o1.Cl. The number of hydrogen-bond donors (Lipinski definition) is 1. The quantitative estimate of drug-likeness (QED) is 0.910. The number of benzene rings is 1. The second-order valence-corrected chi connectivity index (χ2v) is 5.62. The molecule has 3 rings (SSSR count). The molecule has 118 valence electrons. The van der Waals surface area contributed by atoms with Gasteiger partial charge in [-0.1, -0.05) is 23.7 Å². The highest BCUT2D eigenvalue weighted by atomic mass is 35.5. The number of nitrogens with zero attached hydrogens (tertiary/aromatic N) is 1. The summed E-state index contributed by atoms with van der Waals surface area (Å²) >= 11 is 6.07. The van der Waals surface area contributed by atoms with E-state index in [-0.39, 0.29) is 24.4 Å². The molecule has 0 saturated carbocycles. The molecule has 1 N–H and O–H groups in total. The van der Waals surface area contributed by atoms with Crippen molar-refractivity contribution in [3.8, 4) is 0 Å². The maximum absolute atomic E-state index is 12.7. The number of hydrogen-bond acceptors (Lipinski definition) is 3. The summed E-state index contributed by atoms with van der Waals surface area (Å²) in [4.78, 5) is 14.5. The van der Waals surface area contributed by atoms with Crippen LogP contribution in [0.5, 0.6) is 0 Å². The fourth-order valence-electron chi connectivity index (χ4n) is 2.65. The first-order chi connectivity index (χ1) is 10.1. The topological polar surface area (TPSA) is 45.5 Å². The fraction of sp³-hybridized carbons (Fsp3) is 0.312. The predicted molar refractivity (Wildman–Crippen MR) is 88.8 cm³/mol. The first kappa shape index (κ1) is 16.9. The maximum Gasteiger partial charge on any atom is 0.290 e. The largest absolute Gasteiger partial charge is 0.456 e. The van der Waals surface area contributed by atoms with Gasteiger partial charge in [0.05, 0.1) is 6.04 Å². The lowest BCUT2D eigenvalue weighted by Crippen LogP contribution is -2.48. The summed E-state index contributed by atoms with van der Waals surface area (Å²) in [7, 11) is 0. The second-order valence-electron chi connectivity index (χ2n) is 5.18. The molecule has 1 amide bonds. The molecule has 0 spiro atoms. The summed E-state index contributed by atoms with van der Waals surface area (Å²) in [6.07, 6.45) is 0. The van der Waals surface area contributed by atoms with Crippen LogP contribution in [0, 0.1) is 6.92 Å². The van der Waals surface area contributed by atoms with Gasteiger partial charge in [0.25, 0.3) is 5.91 Å². The minimum atomic E-state index is -0.0745. The molecule has 1 unspecified atom stereocenters. The summed E-state index contributed by atoms with van der Waals surface area (Å²) in [5.74, 6) is 1.06. The van der Waals surface area contributed by atoms with Gasteiger partial charge in [-0.15, -0.1) is 12.4 Å². The van der Waals surface area contributed by atoms with Crippen LogP contribution in [-0.2, 0) is 0 Å². The summed E-state index contributed by atoms with van der Waals surface area (Å²) < 4.78 is 5.47. The van der Waals surface area contributed by atoms with E-state index in [4.69, 9.17) is 16.0 Å². The summed E-state index contributed by atoms with van der Waals surface area (Å²) in [5, 5.41) is 4.01. The highest BCUT2D eigenvalue weighted by Crippen LogP contribution is 2.26. The molecule has 4 nitrogen and oxygen atoms in total. The van der Waals surface area contributed by atoms with Gasteiger partial charge in [0.1, 0.15) is 5.76 Å². The molecule has 1 aliphatic heterocycles. The Morgan fingerprint density at radius 3 is 2.86 bits per heavy atom. The van der Waals surface area contributed by atoms with Gasteiger partial charge in [0.15, 0.2) is 5.76 Å². The number of carbonyl (C=O) groups is 1. The highest BCUT2D eigenvalue weighted by molar-refractivity contribution is 6.30. The Morgan fingerprint density at radius 1 is 1.36 bits per heavy atom. The van der Waals surface area contributed by atoms with Crippen LogP contribution < -0.4 is 5.32 Å². The van der Waals surface area contributed by atoms with Gasteiger partial charge in [-0.05, 0) is 36.8 Å². The number of furan rings is 1. The Kier molecular flexibility index (Phi) is 5.51. The molecule has 1 aromatic heterocycles. The van der Waals surface area contributed by atoms with Crippen molar-refractivity contribution in [3.63, 3.8) is 0 Å². The molecule has 22 heavy (non-hydrogen) atoms. The molecule has 2 aromatic rings. The minimum absolute atomic E-state index is 0. The third kappa shape index (κ3) is 3.46. The van der Waals surface area contributed by atoms with Gasteiger partial charge in [0, 0.05) is 24.7 Å². The third-order valence-electron chi connectivity index (χ3n) is 3.69. The number of nitrogens with one attached hydrogen (secondary N) is 1. The molecule has 0 aliphatic carbocycles. The summed E-state index contributed by atoms with van der Waals surface area (Å²) in [5.41, 5.74) is 1.03. The summed E-state index contributed by atoms with van der Waals surface area (Å²) in [6, 6.07) is 11.2. The van der Waals surface area contributed by atoms with Crippen molar-refractivity contribution in [1.82, 2.24) is 10.2 Å². The van der Waals surface area contributed by atoms with Crippen LogP contribution in [0.25, 0.3) is 0 Å². The Balaban J connectivity index is 0.00000176. The molecule has 0 bridgehead atoms. The van der Waals surface area contributed by atoms with E-state index in [2.05, 4.69) is 5.32 Å². The van der Waals surface area contributed by atoms with Gasteiger partial charge >= 0.3 is 0 Å². The van der Waals surface area contributed by atoms with Gasteiger partial charge in [-0.2, -0.15) is 0 Å². The van der Waals surface area contributed by atoms with Gasteiger partial charge < -0.3 is 14.6 Å². The van der Waals surface area contributed by atoms with E-state index >= 15 is 0 Å². The average Bonchev–Trinajstić information content (AvgIpc) is 2.93. The van der Waals surface area contributed by atoms with Crippen LogP contribution in [0.4, 0.5) is 0 Å².